The zero-order valence-corrected chi connectivity index (χ0v) is 8.27. The Hall–Kier alpha value is -1.64. The van der Waals surface area contributed by atoms with Gasteiger partial charge in [-0.15, -0.1) is 0 Å². The fourth-order valence-electron chi connectivity index (χ4n) is 1.59. The van der Waals surface area contributed by atoms with E-state index in [0.29, 0.717) is 11.5 Å². The van der Waals surface area contributed by atoms with Crippen LogP contribution in [0.3, 0.4) is 0 Å². The smallest absolute Gasteiger partial charge is 0.152 e. The minimum Gasteiger partial charge on any atom is -0.303 e. The maximum absolute atomic E-state index is 10.8. The van der Waals surface area contributed by atoms with Crippen LogP contribution < -0.4 is 0 Å². The van der Waals surface area contributed by atoms with Gasteiger partial charge in [-0.2, -0.15) is 0 Å². The van der Waals surface area contributed by atoms with E-state index in [1.54, 1.807) is 12.3 Å². The van der Waals surface area contributed by atoms with Gasteiger partial charge >= 0.3 is 0 Å². The van der Waals surface area contributed by atoms with Gasteiger partial charge < -0.3 is 4.40 Å². The summed E-state index contributed by atoms with van der Waals surface area (Å²) in [5.74, 6) is 1.35. The van der Waals surface area contributed by atoms with Gasteiger partial charge in [-0.05, 0) is 12.1 Å². The lowest BCUT2D eigenvalue weighted by molar-refractivity contribution is 0.112. The van der Waals surface area contributed by atoms with Gasteiger partial charge in [0.25, 0.3) is 0 Å². The van der Waals surface area contributed by atoms with E-state index in [0.717, 1.165) is 17.6 Å². The van der Waals surface area contributed by atoms with Crippen molar-refractivity contribution in [3.63, 3.8) is 0 Å². The van der Waals surface area contributed by atoms with Gasteiger partial charge in [0, 0.05) is 17.7 Å². The van der Waals surface area contributed by atoms with Crippen LogP contribution in [-0.4, -0.2) is 15.7 Å². The van der Waals surface area contributed by atoms with Gasteiger partial charge in [-0.25, -0.2) is 4.98 Å². The molecule has 0 amide bonds. The highest BCUT2D eigenvalue weighted by Gasteiger charge is 2.08. The van der Waals surface area contributed by atoms with E-state index < -0.39 is 0 Å². The number of aldehydes is 1. The molecule has 0 unspecified atom stereocenters. The first-order valence-corrected chi connectivity index (χ1v) is 4.65. The van der Waals surface area contributed by atoms with Gasteiger partial charge in [-0.3, -0.25) is 4.79 Å². The normalized spacial score (nSPS) is 11.1. The van der Waals surface area contributed by atoms with E-state index in [9.17, 15) is 4.79 Å². The minimum atomic E-state index is 0.361. The van der Waals surface area contributed by atoms with Crippen molar-refractivity contribution < 1.29 is 4.79 Å². The Morgan fingerprint density at radius 3 is 2.93 bits per heavy atom. The third-order valence-corrected chi connectivity index (χ3v) is 2.28. The number of aromatic nitrogens is 2. The molecule has 14 heavy (non-hydrogen) atoms. The second-order valence-electron chi connectivity index (χ2n) is 3.61. The molecule has 2 heterocycles. The molecule has 0 fully saturated rings. The average Bonchev–Trinajstić information content (AvgIpc) is 2.60. The van der Waals surface area contributed by atoms with Crippen LogP contribution in [0.15, 0.2) is 24.5 Å². The first kappa shape index (κ1) is 8.94. The molecule has 72 valence electrons. The molecule has 0 saturated heterocycles. The van der Waals surface area contributed by atoms with Gasteiger partial charge in [-0.1, -0.05) is 13.8 Å². The van der Waals surface area contributed by atoms with Gasteiger partial charge in [0.15, 0.2) is 6.29 Å². The van der Waals surface area contributed by atoms with E-state index in [4.69, 9.17) is 0 Å². The Morgan fingerprint density at radius 2 is 2.29 bits per heavy atom. The van der Waals surface area contributed by atoms with Crippen LogP contribution in [0.4, 0.5) is 0 Å². The molecule has 0 bridgehead atoms. The SMILES string of the molecule is CC(C)c1ncc2c(C=O)cccn12. The molecule has 0 saturated carbocycles. The summed E-state index contributed by atoms with van der Waals surface area (Å²) in [4.78, 5) is 15.1. The quantitative estimate of drug-likeness (QED) is 0.677. The number of nitrogens with zero attached hydrogens (tertiary/aromatic N) is 2. The fraction of sp³-hybridized carbons (Fsp3) is 0.273. The van der Waals surface area contributed by atoms with Crippen molar-refractivity contribution in [2.45, 2.75) is 19.8 Å². The van der Waals surface area contributed by atoms with Crippen LogP contribution in [0.25, 0.3) is 5.52 Å². The Labute approximate surface area is 82.4 Å². The molecule has 2 aromatic heterocycles. The number of fused-ring (bicyclic) bond motifs is 1. The van der Waals surface area contributed by atoms with Gasteiger partial charge in [0.2, 0.25) is 0 Å². The molecule has 3 heteroatoms. The highest BCUT2D eigenvalue weighted by Crippen LogP contribution is 2.17. The minimum absolute atomic E-state index is 0.361. The predicted molar refractivity (Wildman–Crippen MR) is 54.7 cm³/mol. The summed E-state index contributed by atoms with van der Waals surface area (Å²) in [6, 6.07) is 3.67. The molecule has 0 aliphatic rings. The molecular weight excluding hydrogens is 176 g/mol. The summed E-state index contributed by atoms with van der Waals surface area (Å²) in [6.45, 7) is 4.17. The molecule has 0 N–H and O–H groups in total. The van der Waals surface area contributed by atoms with Crippen LogP contribution in [0, 0.1) is 0 Å². The predicted octanol–water partition coefficient (Wildman–Crippen LogP) is 2.27. The van der Waals surface area contributed by atoms with E-state index >= 15 is 0 Å². The van der Waals surface area contributed by atoms with Crippen LogP contribution >= 0.6 is 0 Å². The van der Waals surface area contributed by atoms with Gasteiger partial charge in [0.05, 0.1) is 11.7 Å². The molecule has 0 spiro atoms. The molecule has 0 aliphatic carbocycles. The summed E-state index contributed by atoms with van der Waals surface area (Å²) in [7, 11) is 0. The lowest BCUT2D eigenvalue weighted by Gasteiger charge is -2.04. The Balaban J connectivity index is 2.75. The van der Waals surface area contributed by atoms with Crippen molar-refractivity contribution in [2.24, 2.45) is 0 Å². The maximum atomic E-state index is 10.8. The molecular formula is C11H12N2O. The largest absolute Gasteiger partial charge is 0.303 e. The van der Waals surface area contributed by atoms with Crippen LogP contribution in [0.2, 0.25) is 0 Å². The number of rotatable bonds is 2. The monoisotopic (exact) mass is 188 g/mol. The topological polar surface area (TPSA) is 34.4 Å². The number of imidazole rings is 1. The summed E-state index contributed by atoms with van der Waals surface area (Å²) in [5.41, 5.74) is 1.57. The zero-order chi connectivity index (χ0) is 10.1. The molecule has 0 radical (unpaired) electrons. The van der Waals surface area contributed by atoms with Crippen LogP contribution in [0.1, 0.15) is 35.9 Å². The number of pyridine rings is 1. The molecule has 0 aliphatic heterocycles. The molecule has 3 nitrogen and oxygen atoms in total. The molecule has 2 aromatic rings. The third kappa shape index (κ3) is 1.21. The lowest BCUT2D eigenvalue weighted by Crippen LogP contribution is -1.97. The Morgan fingerprint density at radius 1 is 1.50 bits per heavy atom. The van der Waals surface area contributed by atoms with E-state index in [1.807, 2.05) is 16.7 Å². The first-order valence-electron chi connectivity index (χ1n) is 4.65. The first-order chi connectivity index (χ1) is 6.74. The summed E-state index contributed by atoms with van der Waals surface area (Å²) in [6.07, 6.45) is 4.55. The molecule has 0 aromatic carbocycles. The summed E-state index contributed by atoms with van der Waals surface area (Å²) in [5, 5.41) is 0. The van der Waals surface area contributed by atoms with Crippen molar-refractivity contribution in [2.75, 3.05) is 0 Å². The van der Waals surface area contributed by atoms with Crippen LogP contribution in [-0.2, 0) is 0 Å². The third-order valence-electron chi connectivity index (χ3n) is 2.28. The lowest BCUT2D eigenvalue weighted by atomic mass is 10.2. The standard InChI is InChI=1S/C11H12N2O/c1-8(2)11-12-6-10-9(7-14)4-3-5-13(10)11/h3-8H,1-2H3. The van der Waals surface area contributed by atoms with E-state index in [2.05, 4.69) is 18.8 Å². The fourth-order valence-corrected chi connectivity index (χ4v) is 1.59. The zero-order valence-electron chi connectivity index (χ0n) is 8.27. The van der Waals surface area contributed by atoms with Crippen molar-refractivity contribution in [3.05, 3.63) is 35.9 Å². The number of hydrogen-bond donors (Lipinski definition) is 0. The second kappa shape index (κ2) is 3.25. The van der Waals surface area contributed by atoms with Crippen molar-refractivity contribution in [1.82, 2.24) is 9.38 Å². The van der Waals surface area contributed by atoms with Gasteiger partial charge in [0.1, 0.15) is 5.82 Å². The summed E-state index contributed by atoms with van der Waals surface area (Å²) < 4.78 is 1.97. The number of carbonyl (C=O) groups is 1. The highest BCUT2D eigenvalue weighted by molar-refractivity contribution is 5.85. The molecule has 0 atom stereocenters. The second-order valence-corrected chi connectivity index (χ2v) is 3.61. The maximum Gasteiger partial charge on any atom is 0.152 e. The average molecular weight is 188 g/mol. The van der Waals surface area contributed by atoms with E-state index in [1.165, 1.54) is 0 Å². The van der Waals surface area contributed by atoms with E-state index in [-0.39, 0.29) is 0 Å². The van der Waals surface area contributed by atoms with Crippen molar-refractivity contribution >= 4 is 11.8 Å². The molecule has 2 rings (SSSR count). The Bertz CT molecular complexity index is 471. The van der Waals surface area contributed by atoms with Crippen molar-refractivity contribution in [1.29, 1.82) is 0 Å². The Kier molecular flexibility index (Phi) is 2.08. The summed E-state index contributed by atoms with van der Waals surface area (Å²) >= 11 is 0. The van der Waals surface area contributed by atoms with Crippen molar-refractivity contribution in [3.8, 4) is 0 Å². The van der Waals surface area contributed by atoms with Crippen LogP contribution in [0.5, 0.6) is 0 Å². The number of hydrogen-bond acceptors (Lipinski definition) is 2. The number of carbonyl (C=O) groups excluding carboxylic acids is 1. The highest BCUT2D eigenvalue weighted by atomic mass is 16.1.